The summed E-state index contributed by atoms with van der Waals surface area (Å²) < 4.78 is 2.03. The Morgan fingerprint density at radius 2 is 2.08 bits per heavy atom. The molecule has 1 saturated carbocycles. The first-order valence-corrected chi connectivity index (χ1v) is 10.4. The number of piperidine rings is 1. The van der Waals surface area contributed by atoms with Crippen LogP contribution in [-0.2, 0) is 4.79 Å². The monoisotopic (exact) mass is 372 g/mol. The molecule has 26 heavy (non-hydrogen) atoms. The van der Waals surface area contributed by atoms with Gasteiger partial charge >= 0.3 is 0 Å². The van der Waals surface area contributed by atoms with Crippen molar-refractivity contribution in [3.63, 3.8) is 0 Å². The molecule has 0 bridgehead atoms. The second-order valence-electron chi connectivity index (χ2n) is 7.58. The molecule has 2 atom stereocenters. The first-order chi connectivity index (χ1) is 12.8. The van der Waals surface area contributed by atoms with Crippen LogP contribution in [-0.4, -0.2) is 45.4 Å². The van der Waals surface area contributed by atoms with E-state index in [0.29, 0.717) is 18.5 Å². The van der Waals surface area contributed by atoms with Gasteiger partial charge in [0.15, 0.2) is 0 Å². The van der Waals surface area contributed by atoms with Crippen molar-refractivity contribution >= 4 is 17.2 Å². The minimum absolute atomic E-state index is 0.0296. The SMILES string of the molecule is O=C(C1CNNC1c1cccs1)N1CCC(n2cc(C3CC3)nn2)CC1. The summed E-state index contributed by atoms with van der Waals surface area (Å²) in [6, 6.07) is 4.59. The fourth-order valence-corrected chi connectivity index (χ4v) is 4.93. The van der Waals surface area contributed by atoms with Crippen molar-refractivity contribution in [1.29, 1.82) is 0 Å². The zero-order chi connectivity index (χ0) is 17.5. The Hall–Kier alpha value is -1.77. The van der Waals surface area contributed by atoms with E-state index in [1.165, 1.54) is 17.7 Å². The third-order valence-electron chi connectivity index (χ3n) is 5.82. The summed E-state index contributed by atoms with van der Waals surface area (Å²) in [5.41, 5.74) is 7.59. The maximum atomic E-state index is 13.1. The minimum Gasteiger partial charge on any atom is -0.342 e. The number of hydrogen-bond acceptors (Lipinski definition) is 6. The molecule has 2 aliphatic heterocycles. The second-order valence-corrected chi connectivity index (χ2v) is 8.56. The smallest absolute Gasteiger partial charge is 0.229 e. The number of carbonyl (C=O) groups is 1. The minimum atomic E-state index is -0.0296. The molecule has 8 heteroatoms. The molecular formula is C18H24N6OS. The van der Waals surface area contributed by atoms with Crippen LogP contribution < -0.4 is 10.9 Å². The van der Waals surface area contributed by atoms with Crippen molar-refractivity contribution in [2.75, 3.05) is 19.6 Å². The molecule has 7 nitrogen and oxygen atoms in total. The molecular weight excluding hydrogens is 348 g/mol. The maximum absolute atomic E-state index is 13.1. The van der Waals surface area contributed by atoms with Gasteiger partial charge in [-0.1, -0.05) is 11.3 Å². The van der Waals surface area contributed by atoms with Crippen LogP contribution in [0.1, 0.15) is 54.3 Å². The van der Waals surface area contributed by atoms with Crippen LogP contribution in [0.3, 0.4) is 0 Å². The molecule has 0 radical (unpaired) electrons. The summed E-state index contributed by atoms with van der Waals surface area (Å²) in [5, 5.41) is 10.7. The molecule has 2 aromatic heterocycles. The fourth-order valence-electron chi connectivity index (χ4n) is 4.09. The van der Waals surface area contributed by atoms with Gasteiger partial charge in [0.2, 0.25) is 5.91 Å². The highest BCUT2D eigenvalue weighted by atomic mass is 32.1. The summed E-state index contributed by atoms with van der Waals surface area (Å²) in [4.78, 5) is 16.3. The number of rotatable bonds is 4. The van der Waals surface area contributed by atoms with Crippen molar-refractivity contribution in [2.24, 2.45) is 5.92 Å². The number of carbonyl (C=O) groups excluding carboxylic acids is 1. The van der Waals surface area contributed by atoms with Gasteiger partial charge in [-0.3, -0.25) is 10.2 Å². The summed E-state index contributed by atoms with van der Waals surface area (Å²) in [5.74, 6) is 0.872. The highest BCUT2D eigenvalue weighted by Gasteiger charge is 2.38. The Bertz CT molecular complexity index is 763. The Morgan fingerprint density at radius 3 is 2.81 bits per heavy atom. The number of nitrogens with one attached hydrogen (secondary N) is 2. The molecule has 3 fully saturated rings. The van der Waals surface area contributed by atoms with Crippen LogP contribution >= 0.6 is 11.3 Å². The van der Waals surface area contributed by atoms with Gasteiger partial charge in [0.1, 0.15) is 0 Å². The standard InChI is InChI=1S/C18H24N6OS/c25-18(14-10-19-21-17(14)16-2-1-9-26-16)23-7-5-13(6-8-23)24-11-15(20-22-24)12-3-4-12/h1-2,9,11-14,17,19,21H,3-8,10H2. The molecule has 1 aliphatic carbocycles. The van der Waals surface area contributed by atoms with Gasteiger partial charge in [0, 0.05) is 36.6 Å². The highest BCUT2D eigenvalue weighted by molar-refractivity contribution is 7.10. The van der Waals surface area contributed by atoms with Crippen molar-refractivity contribution in [3.8, 4) is 0 Å². The lowest BCUT2D eigenvalue weighted by atomic mass is 9.96. The molecule has 2 N–H and O–H groups in total. The maximum Gasteiger partial charge on any atom is 0.229 e. The first-order valence-electron chi connectivity index (χ1n) is 9.52. The molecule has 138 valence electrons. The van der Waals surface area contributed by atoms with E-state index in [4.69, 9.17) is 0 Å². The van der Waals surface area contributed by atoms with Crippen molar-refractivity contribution in [1.82, 2.24) is 30.7 Å². The third-order valence-corrected chi connectivity index (χ3v) is 6.78. The zero-order valence-electron chi connectivity index (χ0n) is 14.7. The summed E-state index contributed by atoms with van der Waals surface area (Å²) in [6.07, 6.45) is 6.53. The normalized spacial score (nSPS) is 27.2. The Balaban J connectivity index is 1.21. The zero-order valence-corrected chi connectivity index (χ0v) is 15.5. The van der Waals surface area contributed by atoms with Gasteiger partial charge < -0.3 is 4.90 Å². The van der Waals surface area contributed by atoms with Crippen LogP contribution in [0.2, 0.25) is 0 Å². The Kier molecular flexibility index (Phi) is 4.26. The number of hydrazine groups is 1. The van der Waals surface area contributed by atoms with E-state index in [1.54, 1.807) is 11.3 Å². The van der Waals surface area contributed by atoms with Gasteiger partial charge in [0.25, 0.3) is 0 Å². The van der Waals surface area contributed by atoms with Gasteiger partial charge in [-0.2, -0.15) is 0 Å². The number of thiophene rings is 1. The summed E-state index contributed by atoms with van der Waals surface area (Å²) in [7, 11) is 0. The Morgan fingerprint density at radius 1 is 1.23 bits per heavy atom. The largest absolute Gasteiger partial charge is 0.342 e. The topological polar surface area (TPSA) is 75.1 Å². The lowest BCUT2D eigenvalue weighted by molar-refractivity contribution is -0.136. The van der Waals surface area contributed by atoms with E-state index in [-0.39, 0.29) is 17.9 Å². The third kappa shape index (κ3) is 3.06. The highest BCUT2D eigenvalue weighted by Crippen LogP contribution is 2.39. The summed E-state index contributed by atoms with van der Waals surface area (Å²) in [6.45, 7) is 2.29. The molecule has 2 saturated heterocycles. The average molecular weight is 372 g/mol. The van der Waals surface area contributed by atoms with Crippen LogP contribution in [0.5, 0.6) is 0 Å². The molecule has 5 rings (SSSR count). The molecule has 0 aromatic carbocycles. The second kappa shape index (κ2) is 6.75. The Labute approximate surface area is 156 Å². The predicted octanol–water partition coefficient (Wildman–Crippen LogP) is 1.85. The molecule has 4 heterocycles. The number of amides is 1. The van der Waals surface area contributed by atoms with E-state index >= 15 is 0 Å². The summed E-state index contributed by atoms with van der Waals surface area (Å²) >= 11 is 1.70. The fraction of sp³-hybridized carbons (Fsp3) is 0.611. The van der Waals surface area contributed by atoms with E-state index in [2.05, 4.69) is 38.8 Å². The number of hydrogen-bond donors (Lipinski definition) is 2. The van der Waals surface area contributed by atoms with E-state index in [0.717, 1.165) is 31.6 Å². The van der Waals surface area contributed by atoms with Crippen molar-refractivity contribution in [2.45, 2.75) is 43.7 Å². The van der Waals surface area contributed by atoms with Gasteiger partial charge in [-0.05, 0) is 37.1 Å². The molecule has 3 aliphatic rings. The lowest BCUT2D eigenvalue weighted by Gasteiger charge is -2.34. The van der Waals surface area contributed by atoms with Crippen LogP contribution in [0, 0.1) is 5.92 Å². The number of likely N-dealkylation sites (tertiary alicyclic amines) is 1. The lowest BCUT2D eigenvalue weighted by Crippen LogP contribution is -2.44. The van der Waals surface area contributed by atoms with Gasteiger partial charge in [-0.25, -0.2) is 10.1 Å². The molecule has 1 amide bonds. The molecule has 2 unspecified atom stereocenters. The molecule has 0 spiro atoms. The van der Waals surface area contributed by atoms with Crippen molar-refractivity contribution < 1.29 is 4.79 Å². The van der Waals surface area contributed by atoms with Crippen LogP contribution in [0.15, 0.2) is 23.7 Å². The van der Waals surface area contributed by atoms with Gasteiger partial charge in [-0.15, -0.1) is 16.4 Å². The van der Waals surface area contributed by atoms with E-state index < -0.39 is 0 Å². The molecule has 2 aromatic rings. The van der Waals surface area contributed by atoms with E-state index in [9.17, 15) is 4.79 Å². The average Bonchev–Trinajstić information content (AvgIpc) is 3.13. The van der Waals surface area contributed by atoms with Gasteiger partial charge in [0.05, 0.1) is 23.7 Å². The van der Waals surface area contributed by atoms with Crippen LogP contribution in [0.25, 0.3) is 0 Å². The first kappa shape index (κ1) is 16.4. The van der Waals surface area contributed by atoms with E-state index in [1.807, 2.05) is 15.6 Å². The van der Waals surface area contributed by atoms with Crippen molar-refractivity contribution in [3.05, 3.63) is 34.3 Å². The van der Waals surface area contributed by atoms with Crippen LogP contribution in [0.4, 0.5) is 0 Å². The quantitative estimate of drug-likeness (QED) is 0.857. The number of aromatic nitrogens is 3. The number of nitrogens with zero attached hydrogens (tertiary/aromatic N) is 4. The predicted molar refractivity (Wildman–Crippen MR) is 98.5 cm³/mol.